The zero-order chi connectivity index (χ0) is 29.9. The van der Waals surface area contributed by atoms with Gasteiger partial charge in [0.2, 0.25) is 0 Å². The lowest BCUT2D eigenvalue weighted by atomic mass is 10.3. The Morgan fingerprint density at radius 1 is 0.818 bits per heavy atom. The first-order valence-electron chi connectivity index (χ1n) is 15.3. The molecule has 10 nitrogen and oxygen atoms in total. The van der Waals surface area contributed by atoms with E-state index in [2.05, 4.69) is 36.4 Å². The zero-order valence-corrected chi connectivity index (χ0v) is 26.3. The summed E-state index contributed by atoms with van der Waals surface area (Å²) in [5.41, 5.74) is 2.96. The molecule has 4 aromatic rings. The highest BCUT2D eigenvalue weighted by molar-refractivity contribution is 9.10. The van der Waals surface area contributed by atoms with Gasteiger partial charge in [-0.1, -0.05) is 7.43 Å². The Labute approximate surface area is 266 Å². The molecule has 2 saturated carbocycles. The number of morpholine rings is 1. The molecule has 3 fully saturated rings. The van der Waals surface area contributed by atoms with Gasteiger partial charge in [-0.25, -0.2) is 19.6 Å². The van der Waals surface area contributed by atoms with Crippen molar-refractivity contribution in [2.45, 2.75) is 60.0 Å². The van der Waals surface area contributed by atoms with E-state index in [1.54, 1.807) is 0 Å². The summed E-state index contributed by atoms with van der Waals surface area (Å²) in [5, 5.41) is 1.97. The molecule has 7 rings (SSSR count). The summed E-state index contributed by atoms with van der Waals surface area (Å²) in [6.07, 6.45) is 4.92. The van der Waals surface area contributed by atoms with Crippen LogP contribution in [0.3, 0.4) is 0 Å². The van der Waals surface area contributed by atoms with E-state index in [1.807, 2.05) is 48.7 Å². The lowest BCUT2D eigenvalue weighted by molar-refractivity contribution is 0.0504. The number of carbonyl (C=O) groups is 2. The van der Waals surface area contributed by atoms with Gasteiger partial charge in [-0.05, 0) is 104 Å². The summed E-state index contributed by atoms with van der Waals surface area (Å²) in [7, 11) is 0. The molecule has 236 valence electrons. The van der Waals surface area contributed by atoms with E-state index >= 15 is 0 Å². The lowest BCUT2D eigenvalue weighted by Crippen LogP contribution is -2.36. The fourth-order valence-corrected chi connectivity index (χ4v) is 5.73. The molecule has 0 atom stereocenters. The molecule has 0 radical (unpaired) electrons. The molecular formula is C33H42BrN5O5. The molecule has 0 unspecified atom stereocenters. The Morgan fingerprint density at radius 2 is 1.32 bits per heavy atom. The molecule has 2 aliphatic carbocycles. The van der Waals surface area contributed by atoms with E-state index in [1.165, 1.54) is 25.7 Å². The molecule has 0 aromatic carbocycles. The van der Waals surface area contributed by atoms with Crippen molar-refractivity contribution in [1.82, 2.24) is 19.1 Å². The van der Waals surface area contributed by atoms with Crippen LogP contribution in [0.15, 0.2) is 41.0 Å². The first-order valence-corrected chi connectivity index (χ1v) is 16.1. The van der Waals surface area contributed by atoms with Crippen LogP contribution in [0.1, 0.15) is 67.9 Å². The van der Waals surface area contributed by atoms with Crippen LogP contribution in [0.4, 0.5) is 5.82 Å². The molecule has 0 spiro atoms. The molecule has 0 bridgehead atoms. The fraction of sp³-hybridized carbons (Fsp3) is 0.515. The molecule has 1 saturated heterocycles. The predicted molar refractivity (Wildman–Crippen MR) is 174 cm³/mol. The number of ether oxygens (including phenoxy) is 3. The average Bonchev–Trinajstić information content (AvgIpc) is 3.94. The number of pyridine rings is 2. The molecule has 0 N–H and O–H groups in total. The second-order valence-corrected chi connectivity index (χ2v) is 12.1. The van der Waals surface area contributed by atoms with Crippen molar-refractivity contribution in [2.24, 2.45) is 11.8 Å². The average molecular weight is 669 g/mol. The van der Waals surface area contributed by atoms with Crippen LogP contribution in [0, 0.1) is 11.8 Å². The van der Waals surface area contributed by atoms with Crippen molar-refractivity contribution in [3.05, 3.63) is 52.4 Å². The maximum Gasteiger partial charge on any atom is 0.355 e. The smallest absolute Gasteiger partial charge is 0.355 e. The Hall–Kier alpha value is -3.44. The number of hydrogen-bond acceptors (Lipinski definition) is 8. The minimum Gasteiger partial charge on any atom is -0.461 e. The van der Waals surface area contributed by atoms with Crippen molar-refractivity contribution >= 4 is 55.8 Å². The van der Waals surface area contributed by atoms with Gasteiger partial charge in [0.1, 0.15) is 33.1 Å². The van der Waals surface area contributed by atoms with E-state index in [9.17, 15) is 9.59 Å². The van der Waals surface area contributed by atoms with Crippen LogP contribution in [0.25, 0.3) is 22.1 Å². The van der Waals surface area contributed by atoms with Crippen LogP contribution >= 0.6 is 15.9 Å². The third kappa shape index (κ3) is 7.26. The van der Waals surface area contributed by atoms with E-state index in [0.717, 1.165) is 71.9 Å². The normalized spacial score (nSPS) is 16.3. The summed E-state index contributed by atoms with van der Waals surface area (Å²) in [6, 6.07) is 11.7. The summed E-state index contributed by atoms with van der Waals surface area (Å²) in [5.74, 6) is 1.75. The molecule has 0 amide bonds. The van der Waals surface area contributed by atoms with Gasteiger partial charge in [0, 0.05) is 37.0 Å². The SMILES string of the molecule is C.CCOC(=O)c1cc2ccc(Br)nc2n1CC1CC1.CCOC(=O)c1cc2ccc(N3CCOCC3)nc2n1CC1CC1. The van der Waals surface area contributed by atoms with Crippen LogP contribution in [-0.4, -0.2) is 70.6 Å². The van der Waals surface area contributed by atoms with Gasteiger partial charge in [-0.15, -0.1) is 0 Å². The summed E-state index contributed by atoms with van der Waals surface area (Å²) < 4.78 is 20.6. The van der Waals surface area contributed by atoms with Crippen LogP contribution in [0.5, 0.6) is 0 Å². The van der Waals surface area contributed by atoms with Gasteiger partial charge in [-0.3, -0.25) is 0 Å². The maximum atomic E-state index is 12.3. The predicted octanol–water partition coefficient (Wildman–Crippen LogP) is 6.48. The van der Waals surface area contributed by atoms with Gasteiger partial charge in [0.25, 0.3) is 0 Å². The number of rotatable bonds is 9. The maximum absolute atomic E-state index is 12.3. The van der Waals surface area contributed by atoms with Crippen molar-refractivity contribution in [2.75, 3.05) is 44.4 Å². The van der Waals surface area contributed by atoms with Crippen molar-refractivity contribution in [1.29, 1.82) is 0 Å². The van der Waals surface area contributed by atoms with Crippen LogP contribution < -0.4 is 4.90 Å². The zero-order valence-electron chi connectivity index (χ0n) is 24.8. The summed E-state index contributed by atoms with van der Waals surface area (Å²) in [6.45, 7) is 9.30. The Balaban J connectivity index is 0.000000175. The minimum atomic E-state index is -0.266. The molecule has 44 heavy (non-hydrogen) atoms. The van der Waals surface area contributed by atoms with Gasteiger partial charge in [0.15, 0.2) is 0 Å². The second-order valence-electron chi connectivity index (χ2n) is 11.3. The summed E-state index contributed by atoms with van der Waals surface area (Å²) >= 11 is 3.38. The second kappa shape index (κ2) is 14.1. The molecular weight excluding hydrogens is 626 g/mol. The standard InChI is InChI=1S/C18H23N3O3.C14H15BrN2O2.CH4/c1-2-24-18(22)15-11-14-5-6-16(20-7-9-23-10-8-20)19-17(14)21(15)12-13-3-4-13;1-2-19-14(18)11-7-10-5-6-12(15)16-13(10)17(11)8-9-3-4-9;/h5-6,11,13H,2-4,7-10,12H2,1H3;5-7,9H,2-4,8H2,1H3;1H4. The Morgan fingerprint density at radius 3 is 1.82 bits per heavy atom. The summed E-state index contributed by atoms with van der Waals surface area (Å²) in [4.78, 5) is 36.0. The van der Waals surface area contributed by atoms with Crippen molar-refractivity contribution in [3.63, 3.8) is 0 Å². The third-order valence-corrected chi connectivity index (χ3v) is 8.46. The van der Waals surface area contributed by atoms with Crippen LogP contribution in [-0.2, 0) is 27.3 Å². The highest BCUT2D eigenvalue weighted by Crippen LogP contribution is 2.34. The molecule has 1 aliphatic heterocycles. The monoisotopic (exact) mass is 667 g/mol. The van der Waals surface area contributed by atoms with Crippen LogP contribution in [0.2, 0.25) is 0 Å². The van der Waals surface area contributed by atoms with E-state index in [4.69, 9.17) is 19.2 Å². The number of fused-ring (bicyclic) bond motifs is 2. The minimum absolute atomic E-state index is 0. The fourth-order valence-electron chi connectivity index (χ4n) is 5.43. The van der Waals surface area contributed by atoms with Gasteiger partial charge in [0.05, 0.1) is 26.4 Å². The first-order chi connectivity index (χ1) is 20.9. The Kier molecular flexibility index (Phi) is 10.3. The number of esters is 2. The number of aromatic nitrogens is 4. The Bertz CT molecular complexity index is 1620. The molecule has 3 aliphatic rings. The largest absolute Gasteiger partial charge is 0.461 e. The number of hydrogen-bond donors (Lipinski definition) is 0. The number of nitrogens with zero attached hydrogens (tertiary/aromatic N) is 5. The van der Waals surface area contributed by atoms with E-state index in [0.29, 0.717) is 36.4 Å². The number of halogens is 1. The number of anilines is 1. The first kappa shape index (κ1) is 32.0. The topological polar surface area (TPSA) is 101 Å². The van der Waals surface area contributed by atoms with E-state index < -0.39 is 0 Å². The third-order valence-electron chi connectivity index (χ3n) is 8.02. The molecule has 4 aromatic heterocycles. The highest BCUT2D eigenvalue weighted by atomic mass is 79.9. The lowest BCUT2D eigenvalue weighted by Gasteiger charge is -2.27. The van der Waals surface area contributed by atoms with E-state index in [-0.39, 0.29) is 19.4 Å². The molecule has 11 heteroatoms. The van der Waals surface area contributed by atoms with Gasteiger partial charge in [-0.2, -0.15) is 0 Å². The van der Waals surface area contributed by atoms with Gasteiger partial charge < -0.3 is 28.2 Å². The van der Waals surface area contributed by atoms with Crippen molar-refractivity contribution in [3.8, 4) is 0 Å². The quantitative estimate of drug-likeness (QED) is 0.148. The van der Waals surface area contributed by atoms with Crippen molar-refractivity contribution < 1.29 is 23.8 Å². The molecule has 5 heterocycles. The highest BCUT2D eigenvalue weighted by Gasteiger charge is 2.28. The number of carbonyl (C=O) groups excluding carboxylic acids is 2. The van der Waals surface area contributed by atoms with Gasteiger partial charge >= 0.3 is 11.9 Å².